The summed E-state index contributed by atoms with van der Waals surface area (Å²) in [5, 5.41) is 10.2. The van der Waals surface area contributed by atoms with E-state index in [1.54, 1.807) is 22.2 Å². The Morgan fingerprint density at radius 1 is 1.16 bits per heavy atom. The van der Waals surface area contributed by atoms with Crippen LogP contribution < -0.4 is 5.73 Å². The predicted molar refractivity (Wildman–Crippen MR) is 76.3 cm³/mol. The van der Waals surface area contributed by atoms with Crippen LogP contribution in [0.5, 0.6) is 0 Å². The first-order valence-electron chi connectivity index (χ1n) is 6.08. The van der Waals surface area contributed by atoms with Gasteiger partial charge in [-0.2, -0.15) is 0 Å². The summed E-state index contributed by atoms with van der Waals surface area (Å²) in [4.78, 5) is 1.27. The molecule has 0 amide bonds. The molecular weight excluding hydrogens is 256 g/mol. The highest BCUT2D eigenvalue weighted by Crippen LogP contribution is 2.20. The fraction of sp³-hybridized carbons (Fsp3) is 0.143. The largest absolute Gasteiger partial charge is 0.322 e. The molecule has 4 nitrogen and oxygen atoms in total. The highest BCUT2D eigenvalue weighted by atomic mass is 32.1. The Bertz CT molecular complexity index is 631. The number of aromatic nitrogens is 3. The first kappa shape index (κ1) is 12.1. The van der Waals surface area contributed by atoms with Crippen LogP contribution in [0.1, 0.15) is 16.6 Å². The van der Waals surface area contributed by atoms with E-state index in [-0.39, 0.29) is 6.04 Å². The molecule has 2 aromatic heterocycles. The van der Waals surface area contributed by atoms with Crippen molar-refractivity contribution in [2.24, 2.45) is 5.73 Å². The molecule has 0 radical (unpaired) electrons. The Labute approximate surface area is 115 Å². The Morgan fingerprint density at radius 3 is 2.74 bits per heavy atom. The normalized spacial score (nSPS) is 12.5. The molecule has 96 valence electrons. The van der Waals surface area contributed by atoms with E-state index in [0.717, 1.165) is 17.8 Å². The van der Waals surface area contributed by atoms with E-state index in [1.165, 1.54) is 4.88 Å². The molecular formula is C14H14N4S. The number of nitrogens with zero attached hydrogens (tertiary/aromatic N) is 3. The van der Waals surface area contributed by atoms with E-state index >= 15 is 0 Å². The van der Waals surface area contributed by atoms with Gasteiger partial charge in [0.05, 0.1) is 23.6 Å². The van der Waals surface area contributed by atoms with Crippen LogP contribution in [0.15, 0.2) is 54.0 Å². The molecule has 2 N–H and O–H groups in total. The molecule has 0 spiro atoms. The fourth-order valence-corrected chi connectivity index (χ4v) is 2.78. The van der Waals surface area contributed by atoms with Crippen LogP contribution in [-0.4, -0.2) is 15.0 Å². The van der Waals surface area contributed by atoms with Crippen LogP contribution in [0.3, 0.4) is 0 Å². The summed E-state index contributed by atoms with van der Waals surface area (Å²) in [5.41, 5.74) is 8.19. The maximum atomic E-state index is 6.27. The van der Waals surface area contributed by atoms with E-state index in [2.05, 4.69) is 21.8 Å². The number of thiophene rings is 1. The summed E-state index contributed by atoms with van der Waals surface area (Å²) in [6, 6.07) is 14.0. The molecule has 1 aromatic carbocycles. The lowest BCUT2D eigenvalue weighted by Crippen LogP contribution is -2.17. The van der Waals surface area contributed by atoms with E-state index in [0.29, 0.717) is 0 Å². The number of nitrogens with two attached hydrogens (primary N) is 1. The molecule has 3 aromatic rings. The molecule has 0 aliphatic rings. The van der Waals surface area contributed by atoms with Gasteiger partial charge in [-0.15, -0.1) is 16.4 Å². The Kier molecular flexibility index (Phi) is 3.39. The molecule has 0 bridgehead atoms. The second kappa shape index (κ2) is 5.34. The lowest BCUT2D eigenvalue weighted by Gasteiger charge is -2.12. The molecule has 0 aliphatic carbocycles. The zero-order valence-electron chi connectivity index (χ0n) is 10.3. The van der Waals surface area contributed by atoms with Crippen LogP contribution in [-0.2, 0) is 6.42 Å². The van der Waals surface area contributed by atoms with Crippen LogP contribution >= 0.6 is 11.3 Å². The quantitative estimate of drug-likeness (QED) is 0.792. The first-order valence-corrected chi connectivity index (χ1v) is 6.96. The number of para-hydroxylation sites is 1. The number of hydrogen-bond acceptors (Lipinski definition) is 4. The third kappa shape index (κ3) is 2.57. The van der Waals surface area contributed by atoms with E-state index in [1.807, 2.05) is 36.4 Å². The summed E-state index contributed by atoms with van der Waals surface area (Å²) in [6.45, 7) is 0. The third-order valence-corrected chi connectivity index (χ3v) is 3.86. The standard InChI is InChI=1S/C14H14N4S/c15-13(9-12-7-4-8-19-12)14-10-16-17-18(14)11-5-2-1-3-6-11/h1-8,10,13H,9,15H2. The van der Waals surface area contributed by atoms with Crippen LogP contribution in [0.4, 0.5) is 0 Å². The summed E-state index contributed by atoms with van der Waals surface area (Å²) in [6.07, 6.45) is 2.54. The third-order valence-electron chi connectivity index (χ3n) is 2.96. The van der Waals surface area contributed by atoms with Gasteiger partial charge < -0.3 is 5.73 Å². The highest BCUT2D eigenvalue weighted by molar-refractivity contribution is 7.09. The van der Waals surface area contributed by atoms with Gasteiger partial charge in [0, 0.05) is 11.3 Å². The van der Waals surface area contributed by atoms with Crippen molar-refractivity contribution < 1.29 is 0 Å². The zero-order valence-corrected chi connectivity index (χ0v) is 11.1. The van der Waals surface area contributed by atoms with Gasteiger partial charge in [-0.1, -0.05) is 29.5 Å². The van der Waals surface area contributed by atoms with Crippen molar-refractivity contribution in [3.8, 4) is 5.69 Å². The van der Waals surface area contributed by atoms with E-state index in [4.69, 9.17) is 5.73 Å². The predicted octanol–water partition coefficient (Wildman–Crippen LogP) is 2.57. The Morgan fingerprint density at radius 2 is 2.00 bits per heavy atom. The molecule has 0 saturated heterocycles. The Hall–Kier alpha value is -1.98. The molecule has 1 unspecified atom stereocenters. The minimum atomic E-state index is -0.103. The monoisotopic (exact) mass is 270 g/mol. The lowest BCUT2D eigenvalue weighted by molar-refractivity contribution is 0.653. The van der Waals surface area contributed by atoms with Crippen molar-refractivity contribution in [1.29, 1.82) is 0 Å². The molecule has 0 aliphatic heterocycles. The number of rotatable bonds is 4. The van der Waals surface area contributed by atoms with Gasteiger partial charge in [0.1, 0.15) is 0 Å². The topological polar surface area (TPSA) is 56.7 Å². The van der Waals surface area contributed by atoms with Crippen molar-refractivity contribution >= 4 is 11.3 Å². The molecule has 5 heteroatoms. The minimum absolute atomic E-state index is 0.103. The first-order chi connectivity index (χ1) is 9.34. The van der Waals surface area contributed by atoms with Crippen molar-refractivity contribution in [1.82, 2.24) is 15.0 Å². The Balaban J connectivity index is 1.88. The average molecular weight is 270 g/mol. The summed E-state index contributed by atoms with van der Waals surface area (Å²) < 4.78 is 1.80. The molecule has 3 rings (SSSR count). The number of benzene rings is 1. The molecule has 1 atom stereocenters. The second-order valence-corrected chi connectivity index (χ2v) is 5.33. The smallest absolute Gasteiger partial charge is 0.0816 e. The lowest BCUT2D eigenvalue weighted by atomic mass is 10.1. The maximum Gasteiger partial charge on any atom is 0.0816 e. The molecule has 19 heavy (non-hydrogen) atoms. The van der Waals surface area contributed by atoms with Crippen molar-refractivity contribution in [3.63, 3.8) is 0 Å². The van der Waals surface area contributed by atoms with Gasteiger partial charge in [-0.3, -0.25) is 0 Å². The van der Waals surface area contributed by atoms with Crippen LogP contribution in [0.25, 0.3) is 5.69 Å². The molecule has 0 fully saturated rings. The average Bonchev–Trinajstić information content (AvgIpc) is 3.10. The van der Waals surface area contributed by atoms with Gasteiger partial charge in [-0.25, -0.2) is 4.68 Å². The summed E-state index contributed by atoms with van der Waals surface area (Å²) in [7, 11) is 0. The van der Waals surface area contributed by atoms with Crippen LogP contribution in [0, 0.1) is 0 Å². The van der Waals surface area contributed by atoms with Gasteiger partial charge in [0.25, 0.3) is 0 Å². The van der Waals surface area contributed by atoms with Crippen molar-refractivity contribution in [2.45, 2.75) is 12.5 Å². The maximum absolute atomic E-state index is 6.27. The van der Waals surface area contributed by atoms with Crippen molar-refractivity contribution in [2.75, 3.05) is 0 Å². The van der Waals surface area contributed by atoms with Gasteiger partial charge >= 0.3 is 0 Å². The summed E-state index contributed by atoms with van der Waals surface area (Å²) in [5.74, 6) is 0. The minimum Gasteiger partial charge on any atom is -0.322 e. The second-order valence-electron chi connectivity index (χ2n) is 4.30. The molecule has 2 heterocycles. The fourth-order valence-electron chi connectivity index (χ4n) is 2.02. The van der Waals surface area contributed by atoms with Crippen molar-refractivity contribution in [3.05, 3.63) is 64.6 Å². The zero-order chi connectivity index (χ0) is 13.1. The van der Waals surface area contributed by atoms with Crippen LogP contribution in [0.2, 0.25) is 0 Å². The van der Waals surface area contributed by atoms with Gasteiger partial charge in [0.2, 0.25) is 0 Å². The molecule has 0 saturated carbocycles. The highest BCUT2D eigenvalue weighted by Gasteiger charge is 2.15. The van der Waals surface area contributed by atoms with E-state index < -0.39 is 0 Å². The number of hydrogen-bond donors (Lipinski definition) is 1. The summed E-state index contributed by atoms with van der Waals surface area (Å²) >= 11 is 1.72. The van der Waals surface area contributed by atoms with Gasteiger partial charge in [-0.05, 0) is 23.6 Å². The SMILES string of the molecule is NC(Cc1cccs1)c1cnnn1-c1ccccc1. The van der Waals surface area contributed by atoms with E-state index in [9.17, 15) is 0 Å². The van der Waals surface area contributed by atoms with Gasteiger partial charge in [0.15, 0.2) is 0 Å².